The Balaban J connectivity index is 2.54. The molecule has 0 amide bonds. The van der Waals surface area contributed by atoms with Gasteiger partial charge in [0.15, 0.2) is 0 Å². The molecule has 0 aromatic carbocycles. The molecule has 0 aromatic heterocycles. The molecule has 0 radical (unpaired) electrons. The highest BCUT2D eigenvalue weighted by Crippen LogP contribution is 2.19. The summed E-state index contributed by atoms with van der Waals surface area (Å²) in [5, 5.41) is 2.13. The Labute approximate surface area is 48.0 Å². The highest BCUT2D eigenvalue weighted by Gasteiger charge is 2.08. The SMILES string of the molecule is CC1=CSCC1N. The Bertz CT molecular complexity index is 98.3. The molecule has 1 aliphatic rings. The third-order valence-electron chi connectivity index (χ3n) is 1.13. The van der Waals surface area contributed by atoms with Gasteiger partial charge in [0.1, 0.15) is 0 Å². The van der Waals surface area contributed by atoms with Crippen LogP contribution >= 0.6 is 11.8 Å². The molecule has 40 valence electrons. The molecule has 1 unspecified atom stereocenters. The average molecular weight is 115 g/mol. The fraction of sp³-hybridized carbons (Fsp3) is 0.600. The van der Waals surface area contributed by atoms with Crippen LogP contribution in [0.4, 0.5) is 0 Å². The quantitative estimate of drug-likeness (QED) is 0.509. The van der Waals surface area contributed by atoms with Gasteiger partial charge in [-0.05, 0) is 17.9 Å². The van der Waals surface area contributed by atoms with Crippen molar-refractivity contribution in [2.75, 3.05) is 5.75 Å². The minimum atomic E-state index is 0.338. The summed E-state index contributed by atoms with van der Waals surface area (Å²) in [6.07, 6.45) is 0. The molecule has 1 atom stereocenters. The van der Waals surface area contributed by atoms with E-state index in [1.54, 1.807) is 11.8 Å². The number of nitrogens with two attached hydrogens (primary N) is 1. The van der Waals surface area contributed by atoms with Crippen molar-refractivity contribution in [2.45, 2.75) is 13.0 Å². The van der Waals surface area contributed by atoms with Crippen molar-refractivity contribution in [3.05, 3.63) is 11.0 Å². The lowest BCUT2D eigenvalue weighted by Gasteiger charge is -1.98. The van der Waals surface area contributed by atoms with Crippen LogP contribution in [0.2, 0.25) is 0 Å². The first kappa shape index (κ1) is 5.19. The van der Waals surface area contributed by atoms with Crippen LogP contribution in [0.5, 0.6) is 0 Å². The molecule has 7 heavy (non-hydrogen) atoms. The van der Waals surface area contributed by atoms with E-state index in [-0.39, 0.29) is 0 Å². The van der Waals surface area contributed by atoms with E-state index in [9.17, 15) is 0 Å². The van der Waals surface area contributed by atoms with Gasteiger partial charge < -0.3 is 5.73 Å². The van der Waals surface area contributed by atoms with E-state index in [2.05, 4.69) is 12.3 Å². The molecule has 2 heteroatoms. The first-order valence-electron chi connectivity index (χ1n) is 2.34. The summed E-state index contributed by atoms with van der Waals surface area (Å²) in [4.78, 5) is 0. The fourth-order valence-corrected chi connectivity index (χ4v) is 1.51. The maximum Gasteiger partial charge on any atom is 0.0354 e. The molecule has 2 N–H and O–H groups in total. The maximum atomic E-state index is 5.59. The molecule has 0 spiro atoms. The molecule has 0 saturated carbocycles. The van der Waals surface area contributed by atoms with Crippen molar-refractivity contribution in [3.63, 3.8) is 0 Å². The van der Waals surface area contributed by atoms with Crippen LogP contribution in [-0.4, -0.2) is 11.8 Å². The number of hydrogen-bond donors (Lipinski definition) is 1. The smallest absolute Gasteiger partial charge is 0.0354 e. The molecule has 1 aliphatic heterocycles. The molecule has 0 bridgehead atoms. The summed E-state index contributed by atoms with van der Waals surface area (Å²) in [7, 11) is 0. The zero-order valence-electron chi connectivity index (χ0n) is 4.35. The van der Waals surface area contributed by atoms with Crippen molar-refractivity contribution >= 4 is 11.8 Å². The lowest BCUT2D eigenvalue weighted by molar-refractivity contribution is 0.890. The van der Waals surface area contributed by atoms with Gasteiger partial charge in [-0.1, -0.05) is 0 Å². The van der Waals surface area contributed by atoms with Crippen LogP contribution < -0.4 is 5.73 Å². The summed E-state index contributed by atoms with van der Waals surface area (Å²) < 4.78 is 0. The zero-order chi connectivity index (χ0) is 5.28. The minimum absolute atomic E-state index is 0.338. The molecule has 0 saturated heterocycles. The lowest BCUT2D eigenvalue weighted by Crippen LogP contribution is -2.20. The Kier molecular flexibility index (Phi) is 1.40. The first-order chi connectivity index (χ1) is 3.30. The Morgan fingerprint density at radius 1 is 2.00 bits per heavy atom. The standard InChI is InChI=1S/C5H9NS/c1-4-2-7-3-5(4)6/h2,5H,3,6H2,1H3. The fourth-order valence-electron chi connectivity index (χ4n) is 0.502. The van der Waals surface area contributed by atoms with E-state index in [0.717, 1.165) is 5.75 Å². The van der Waals surface area contributed by atoms with Crippen LogP contribution in [0.3, 0.4) is 0 Å². The molecular formula is C5H9NS. The van der Waals surface area contributed by atoms with Crippen LogP contribution in [0.1, 0.15) is 6.92 Å². The molecule has 0 aliphatic carbocycles. The first-order valence-corrected chi connectivity index (χ1v) is 3.39. The highest BCUT2D eigenvalue weighted by atomic mass is 32.2. The number of rotatable bonds is 0. The van der Waals surface area contributed by atoms with Crippen molar-refractivity contribution in [2.24, 2.45) is 5.73 Å². The van der Waals surface area contributed by atoms with Crippen molar-refractivity contribution in [3.8, 4) is 0 Å². The van der Waals surface area contributed by atoms with Crippen molar-refractivity contribution in [1.82, 2.24) is 0 Å². The predicted molar refractivity (Wildman–Crippen MR) is 34.2 cm³/mol. The highest BCUT2D eigenvalue weighted by molar-refractivity contribution is 8.02. The Morgan fingerprint density at radius 2 is 2.71 bits per heavy atom. The zero-order valence-corrected chi connectivity index (χ0v) is 5.16. The topological polar surface area (TPSA) is 26.0 Å². The second-order valence-corrected chi connectivity index (χ2v) is 2.70. The molecule has 1 rings (SSSR count). The Morgan fingerprint density at radius 3 is 2.86 bits per heavy atom. The summed E-state index contributed by atoms with van der Waals surface area (Å²) in [5.74, 6) is 1.08. The van der Waals surface area contributed by atoms with Gasteiger partial charge in [0.05, 0.1) is 0 Å². The number of hydrogen-bond acceptors (Lipinski definition) is 2. The number of thioether (sulfide) groups is 1. The third-order valence-corrected chi connectivity index (χ3v) is 2.22. The Hall–Kier alpha value is 0.0500. The van der Waals surface area contributed by atoms with Crippen molar-refractivity contribution < 1.29 is 0 Å². The summed E-state index contributed by atoms with van der Waals surface area (Å²) in [6, 6.07) is 0.338. The summed E-state index contributed by atoms with van der Waals surface area (Å²) in [5.41, 5.74) is 6.91. The van der Waals surface area contributed by atoms with Gasteiger partial charge in [0.25, 0.3) is 0 Å². The minimum Gasteiger partial charge on any atom is -0.324 e. The maximum absolute atomic E-state index is 5.59. The molecule has 1 heterocycles. The monoisotopic (exact) mass is 115 g/mol. The van der Waals surface area contributed by atoms with Crippen LogP contribution in [0.25, 0.3) is 0 Å². The second-order valence-electron chi connectivity index (χ2n) is 1.80. The van der Waals surface area contributed by atoms with E-state index in [1.165, 1.54) is 5.57 Å². The van der Waals surface area contributed by atoms with Crippen LogP contribution in [-0.2, 0) is 0 Å². The average Bonchev–Trinajstić information content (AvgIpc) is 1.91. The van der Waals surface area contributed by atoms with Crippen LogP contribution in [0, 0.1) is 0 Å². The van der Waals surface area contributed by atoms with E-state index in [0.29, 0.717) is 6.04 Å². The van der Waals surface area contributed by atoms with Gasteiger partial charge in [-0.3, -0.25) is 0 Å². The van der Waals surface area contributed by atoms with E-state index < -0.39 is 0 Å². The molecule has 0 aromatic rings. The van der Waals surface area contributed by atoms with Crippen LogP contribution in [0.15, 0.2) is 11.0 Å². The molecular weight excluding hydrogens is 106 g/mol. The van der Waals surface area contributed by atoms with Crippen molar-refractivity contribution in [1.29, 1.82) is 0 Å². The predicted octanol–water partition coefficient (Wildman–Crippen LogP) is 0.964. The van der Waals surface area contributed by atoms with Gasteiger partial charge >= 0.3 is 0 Å². The van der Waals surface area contributed by atoms with Gasteiger partial charge in [-0.25, -0.2) is 0 Å². The van der Waals surface area contributed by atoms with E-state index in [1.807, 2.05) is 0 Å². The normalized spacial score (nSPS) is 30.6. The summed E-state index contributed by atoms with van der Waals surface area (Å²) >= 11 is 1.80. The van der Waals surface area contributed by atoms with E-state index >= 15 is 0 Å². The largest absolute Gasteiger partial charge is 0.324 e. The van der Waals surface area contributed by atoms with E-state index in [4.69, 9.17) is 5.73 Å². The molecule has 0 fully saturated rings. The second kappa shape index (κ2) is 1.88. The van der Waals surface area contributed by atoms with Gasteiger partial charge in [0, 0.05) is 11.8 Å². The van der Waals surface area contributed by atoms with Gasteiger partial charge in [0.2, 0.25) is 0 Å². The third kappa shape index (κ3) is 0.983. The lowest BCUT2D eigenvalue weighted by atomic mass is 10.2. The van der Waals surface area contributed by atoms with Gasteiger partial charge in [-0.2, -0.15) is 0 Å². The van der Waals surface area contributed by atoms with Gasteiger partial charge in [-0.15, -0.1) is 11.8 Å². The summed E-state index contributed by atoms with van der Waals surface area (Å²) in [6.45, 7) is 2.07. The molecule has 1 nitrogen and oxygen atoms in total.